The summed E-state index contributed by atoms with van der Waals surface area (Å²) in [6.07, 6.45) is 0.753. The molecule has 0 unspecified atom stereocenters. The van der Waals surface area contributed by atoms with Crippen molar-refractivity contribution < 1.29 is 14.0 Å². The Labute approximate surface area is 124 Å². The van der Waals surface area contributed by atoms with Gasteiger partial charge in [0.2, 0.25) is 0 Å². The van der Waals surface area contributed by atoms with E-state index in [1.54, 1.807) is 7.11 Å². The second-order valence-electron chi connectivity index (χ2n) is 4.52. The highest BCUT2D eigenvalue weighted by Crippen LogP contribution is 2.18. The molecule has 0 bridgehead atoms. The van der Waals surface area contributed by atoms with Crippen molar-refractivity contribution in [3.05, 3.63) is 41.5 Å². The number of ether oxygens (including phenoxy) is 2. The van der Waals surface area contributed by atoms with Crippen LogP contribution in [0.5, 0.6) is 5.75 Å². The molecule has 0 aliphatic heterocycles. The number of hydrogen-bond acceptors (Lipinski definition) is 6. The highest BCUT2D eigenvalue weighted by atomic mass is 16.5. The number of benzene rings is 1. The number of methoxy groups -OCH3 is 1. The largest absolute Gasteiger partial charge is 0.483 e. The van der Waals surface area contributed by atoms with Crippen molar-refractivity contribution in [2.75, 3.05) is 20.3 Å². The zero-order valence-electron chi connectivity index (χ0n) is 12.5. The summed E-state index contributed by atoms with van der Waals surface area (Å²) >= 11 is 0. The Morgan fingerprint density at radius 1 is 1.29 bits per heavy atom. The van der Waals surface area contributed by atoms with Crippen molar-refractivity contribution in [2.24, 2.45) is 0 Å². The second-order valence-corrected chi connectivity index (χ2v) is 4.52. The Hall–Kier alpha value is -1.92. The molecule has 0 aliphatic rings. The summed E-state index contributed by atoms with van der Waals surface area (Å²) in [4.78, 5) is 4.23. The molecule has 0 saturated carbocycles. The Morgan fingerprint density at radius 2 is 2.14 bits per heavy atom. The molecule has 1 heterocycles. The van der Waals surface area contributed by atoms with Gasteiger partial charge in [-0.25, -0.2) is 0 Å². The zero-order valence-corrected chi connectivity index (χ0v) is 12.5. The monoisotopic (exact) mass is 291 g/mol. The van der Waals surface area contributed by atoms with E-state index >= 15 is 0 Å². The normalized spacial score (nSPS) is 10.8. The van der Waals surface area contributed by atoms with Crippen LogP contribution in [0.1, 0.15) is 24.2 Å². The van der Waals surface area contributed by atoms with Crippen LogP contribution in [0.3, 0.4) is 0 Å². The summed E-state index contributed by atoms with van der Waals surface area (Å²) in [5.41, 5.74) is 1.09. The van der Waals surface area contributed by atoms with Crippen LogP contribution in [-0.4, -0.2) is 30.4 Å². The maximum Gasteiger partial charge on any atom is 0.264 e. The highest BCUT2D eigenvalue weighted by Gasteiger charge is 2.07. The lowest BCUT2D eigenvalue weighted by Crippen LogP contribution is -2.19. The molecule has 1 aromatic heterocycles. The molecule has 21 heavy (non-hydrogen) atoms. The van der Waals surface area contributed by atoms with E-state index in [-0.39, 0.29) is 6.61 Å². The van der Waals surface area contributed by atoms with Gasteiger partial charge in [0.1, 0.15) is 5.75 Å². The molecule has 0 aliphatic carbocycles. The third-order valence-corrected chi connectivity index (χ3v) is 2.95. The molecule has 2 rings (SSSR count). The fraction of sp³-hybridized carbons (Fsp3) is 0.467. The first kappa shape index (κ1) is 15.5. The fourth-order valence-corrected chi connectivity index (χ4v) is 1.82. The quantitative estimate of drug-likeness (QED) is 0.712. The first-order valence-electron chi connectivity index (χ1n) is 7.05. The lowest BCUT2D eigenvalue weighted by Gasteiger charge is -2.10. The standard InChI is InChI=1S/C15H21N3O3/c1-3-14-17-15(21-18-14)11-20-13-7-5-4-6-12(13)10-16-8-9-19-2/h4-7,16H,3,8-11H2,1-2H3. The van der Waals surface area contributed by atoms with E-state index in [9.17, 15) is 0 Å². The average Bonchev–Trinajstić information content (AvgIpc) is 2.98. The first-order chi connectivity index (χ1) is 10.3. The van der Waals surface area contributed by atoms with Crippen molar-refractivity contribution in [1.82, 2.24) is 15.5 Å². The van der Waals surface area contributed by atoms with Crippen LogP contribution in [0.25, 0.3) is 0 Å². The molecule has 114 valence electrons. The van der Waals surface area contributed by atoms with Gasteiger partial charge in [0.25, 0.3) is 5.89 Å². The summed E-state index contributed by atoms with van der Waals surface area (Å²) in [7, 11) is 1.69. The number of para-hydroxylation sites is 1. The number of rotatable bonds is 9. The Bertz CT molecular complexity index is 542. The van der Waals surface area contributed by atoms with Crippen molar-refractivity contribution in [3.63, 3.8) is 0 Å². The molecule has 0 atom stereocenters. The molecule has 0 saturated heterocycles. The van der Waals surface area contributed by atoms with Crippen LogP contribution >= 0.6 is 0 Å². The molecule has 6 heteroatoms. The van der Waals surface area contributed by atoms with Crippen molar-refractivity contribution >= 4 is 0 Å². The minimum atomic E-state index is 0.280. The Balaban J connectivity index is 1.89. The Kier molecular flexibility index (Phi) is 6.18. The van der Waals surface area contributed by atoms with Crippen molar-refractivity contribution in [3.8, 4) is 5.75 Å². The van der Waals surface area contributed by atoms with Gasteiger partial charge in [0.05, 0.1) is 6.61 Å². The molecular weight excluding hydrogens is 270 g/mol. The maximum absolute atomic E-state index is 5.77. The van der Waals surface area contributed by atoms with E-state index in [2.05, 4.69) is 15.5 Å². The van der Waals surface area contributed by atoms with Gasteiger partial charge < -0.3 is 19.3 Å². The zero-order chi connectivity index (χ0) is 14.9. The number of aryl methyl sites for hydroxylation is 1. The van der Waals surface area contributed by atoms with Gasteiger partial charge in [-0.05, 0) is 6.07 Å². The average molecular weight is 291 g/mol. The molecule has 0 amide bonds. The van der Waals surface area contributed by atoms with E-state index in [0.29, 0.717) is 18.3 Å². The van der Waals surface area contributed by atoms with E-state index in [1.807, 2.05) is 31.2 Å². The van der Waals surface area contributed by atoms with Gasteiger partial charge in [0.15, 0.2) is 12.4 Å². The van der Waals surface area contributed by atoms with Gasteiger partial charge in [-0.1, -0.05) is 30.3 Å². The summed E-state index contributed by atoms with van der Waals surface area (Å²) in [5.74, 6) is 2.01. The van der Waals surface area contributed by atoms with Gasteiger partial charge in [-0.15, -0.1) is 0 Å². The van der Waals surface area contributed by atoms with Crippen LogP contribution in [-0.2, 0) is 24.3 Å². The van der Waals surface area contributed by atoms with E-state index in [0.717, 1.165) is 30.8 Å². The predicted octanol–water partition coefficient (Wildman–Crippen LogP) is 1.95. The van der Waals surface area contributed by atoms with Gasteiger partial charge in [0, 0.05) is 32.2 Å². The van der Waals surface area contributed by atoms with Crippen LogP contribution in [0.15, 0.2) is 28.8 Å². The number of nitrogens with zero attached hydrogens (tertiary/aromatic N) is 2. The SMILES string of the molecule is CCc1noc(COc2ccccc2CNCCOC)n1. The van der Waals surface area contributed by atoms with Gasteiger partial charge >= 0.3 is 0 Å². The topological polar surface area (TPSA) is 69.4 Å². The second kappa shape index (κ2) is 8.39. The molecule has 2 aromatic rings. The minimum Gasteiger partial charge on any atom is -0.483 e. The number of aromatic nitrogens is 2. The molecular formula is C15H21N3O3. The molecule has 0 radical (unpaired) electrons. The molecule has 0 spiro atoms. The molecule has 1 N–H and O–H groups in total. The highest BCUT2D eigenvalue weighted by molar-refractivity contribution is 5.33. The predicted molar refractivity (Wildman–Crippen MR) is 78.0 cm³/mol. The fourth-order valence-electron chi connectivity index (χ4n) is 1.82. The summed E-state index contributed by atoms with van der Waals surface area (Å²) < 4.78 is 15.9. The number of nitrogens with one attached hydrogen (secondary N) is 1. The van der Waals surface area contributed by atoms with E-state index in [1.165, 1.54) is 0 Å². The summed E-state index contributed by atoms with van der Waals surface area (Å²) in [6, 6.07) is 7.90. The summed E-state index contributed by atoms with van der Waals surface area (Å²) in [6.45, 7) is 4.47. The van der Waals surface area contributed by atoms with Crippen molar-refractivity contribution in [2.45, 2.75) is 26.5 Å². The molecule has 1 aromatic carbocycles. The molecule has 0 fully saturated rings. The third-order valence-electron chi connectivity index (χ3n) is 2.95. The van der Waals surface area contributed by atoms with Crippen LogP contribution in [0.4, 0.5) is 0 Å². The van der Waals surface area contributed by atoms with Crippen LogP contribution in [0.2, 0.25) is 0 Å². The lowest BCUT2D eigenvalue weighted by molar-refractivity contribution is 0.198. The van der Waals surface area contributed by atoms with Crippen LogP contribution < -0.4 is 10.1 Å². The Morgan fingerprint density at radius 3 is 2.90 bits per heavy atom. The van der Waals surface area contributed by atoms with E-state index < -0.39 is 0 Å². The van der Waals surface area contributed by atoms with E-state index in [4.69, 9.17) is 14.0 Å². The minimum absolute atomic E-state index is 0.280. The first-order valence-corrected chi connectivity index (χ1v) is 7.05. The number of hydrogen-bond donors (Lipinski definition) is 1. The maximum atomic E-state index is 5.77. The third kappa shape index (κ3) is 4.84. The molecule has 6 nitrogen and oxygen atoms in total. The lowest BCUT2D eigenvalue weighted by atomic mass is 10.2. The smallest absolute Gasteiger partial charge is 0.264 e. The van der Waals surface area contributed by atoms with Gasteiger partial charge in [-0.2, -0.15) is 4.98 Å². The van der Waals surface area contributed by atoms with Crippen molar-refractivity contribution in [1.29, 1.82) is 0 Å². The van der Waals surface area contributed by atoms with Gasteiger partial charge in [-0.3, -0.25) is 0 Å². The summed E-state index contributed by atoms with van der Waals surface area (Å²) in [5, 5.41) is 7.15. The van der Waals surface area contributed by atoms with Crippen LogP contribution in [0, 0.1) is 0 Å².